The third-order valence-corrected chi connectivity index (χ3v) is 7.51. The van der Waals surface area contributed by atoms with Crippen LogP contribution in [-0.4, -0.2) is 14.1 Å². The van der Waals surface area contributed by atoms with Crippen LogP contribution in [0.1, 0.15) is 23.7 Å². The van der Waals surface area contributed by atoms with E-state index in [-0.39, 0.29) is 0 Å². The van der Waals surface area contributed by atoms with Gasteiger partial charge < -0.3 is 9.13 Å². The molecule has 0 aliphatic rings. The molecule has 7 aromatic rings. The molecule has 0 radical (unpaired) electrons. The van der Waals surface area contributed by atoms with Crippen LogP contribution in [0.2, 0.25) is 0 Å². The topological polar surface area (TPSA) is 22.8 Å². The molecule has 3 aromatic heterocycles. The first-order valence-electron chi connectivity index (χ1n) is 13.2. The van der Waals surface area contributed by atoms with Crippen molar-refractivity contribution in [3.8, 4) is 11.4 Å². The van der Waals surface area contributed by atoms with E-state index in [0.29, 0.717) is 0 Å². The Bertz CT molecular complexity index is 2020. The Hall–Kier alpha value is -5.15. The third-order valence-electron chi connectivity index (χ3n) is 7.51. The highest BCUT2D eigenvalue weighted by molar-refractivity contribution is 6.10. The normalized spacial score (nSPS) is 12.0. The van der Waals surface area contributed by atoms with Crippen LogP contribution in [0, 0.1) is 0 Å². The van der Waals surface area contributed by atoms with Gasteiger partial charge in [0.2, 0.25) is 0 Å². The van der Waals surface area contributed by atoms with Crippen molar-refractivity contribution in [2.75, 3.05) is 0 Å². The van der Waals surface area contributed by atoms with Gasteiger partial charge in [0.15, 0.2) is 0 Å². The van der Waals surface area contributed by atoms with Crippen molar-refractivity contribution in [3.63, 3.8) is 0 Å². The standard InChI is InChI=1S/C36H27N3/c1-3-32-31(36-35(19-12-22-37-36)38(32)27-13-6-4-7-14-27)23-25(2)26-20-21-34-30(24-26)29-17-10-11-18-33(29)39(34)28-15-8-5-9-16-28/h3-24H,1H2,2H3/b25-23+. The molecule has 0 saturated heterocycles. The van der Waals surface area contributed by atoms with Gasteiger partial charge in [-0.3, -0.25) is 4.98 Å². The number of benzene rings is 4. The number of rotatable bonds is 5. The summed E-state index contributed by atoms with van der Waals surface area (Å²) in [5.74, 6) is 0. The highest BCUT2D eigenvalue weighted by atomic mass is 15.0. The maximum Gasteiger partial charge on any atom is 0.0963 e. The molecule has 39 heavy (non-hydrogen) atoms. The lowest BCUT2D eigenvalue weighted by atomic mass is 10.0. The quantitative estimate of drug-likeness (QED) is 0.230. The Labute approximate surface area is 227 Å². The molecule has 0 aliphatic heterocycles. The summed E-state index contributed by atoms with van der Waals surface area (Å²) in [5.41, 5.74) is 11.2. The van der Waals surface area contributed by atoms with Crippen LogP contribution in [0.5, 0.6) is 0 Å². The molecule has 0 fully saturated rings. The van der Waals surface area contributed by atoms with E-state index in [4.69, 9.17) is 4.98 Å². The van der Waals surface area contributed by atoms with Crippen molar-refractivity contribution in [1.82, 2.24) is 14.1 Å². The van der Waals surface area contributed by atoms with Crippen LogP contribution >= 0.6 is 0 Å². The van der Waals surface area contributed by atoms with E-state index < -0.39 is 0 Å². The second-order valence-corrected chi connectivity index (χ2v) is 9.79. The highest BCUT2D eigenvalue weighted by Gasteiger charge is 2.17. The number of aromatic nitrogens is 3. The van der Waals surface area contributed by atoms with Crippen LogP contribution in [0.25, 0.3) is 61.9 Å². The van der Waals surface area contributed by atoms with Crippen LogP contribution in [0.4, 0.5) is 0 Å². The zero-order valence-corrected chi connectivity index (χ0v) is 21.8. The Morgan fingerprint density at radius 1 is 0.667 bits per heavy atom. The summed E-state index contributed by atoms with van der Waals surface area (Å²) >= 11 is 0. The van der Waals surface area contributed by atoms with Crippen molar-refractivity contribution in [1.29, 1.82) is 0 Å². The fraction of sp³-hybridized carbons (Fsp3) is 0.0278. The monoisotopic (exact) mass is 501 g/mol. The minimum absolute atomic E-state index is 0.970. The van der Waals surface area contributed by atoms with E-state index >= 15 is 0 Å². The van der Waals surface area contributed by atoms with Crippen molar-refractivity contribution in [3.05, 3.63) is 145 Å². The average molecular weight is 502 g/mol. The molecule has 0 spiro atoms. The van der Waals surface area contributed by atoms with Crippen molar-refractivity contribution in [2.24, 2.45) is 0 Å². The number of nitrogens with zero attached hydrogens (tertiary/aromatic N) is 3. The maximum atomic E-state index is 4.79. The molecule has 3 heteroatoms. The van der Waals surface area contributed by atoms with Crippen LogP contribution in [0.15, 0.2) is 128 Å². The SMILES string of the molecule is C=Cc1c(/C=C(\C)c2ccc3c(c2)c2ccccc2n3-c2ccccc2)c2ncccc2n1-c1ccccc1. The van der Waals surface area contributed by atoms with E-state index in [1.165, 1.54) is 38.6 Å². The summed E-state index contributed by atoms with van der Waals surface area (Å²) in [4.78, 5) is 4.79. The summed E-state index contributed by atoms with van der Waals surface area (Å²) < 4.78 is 4.59. The zero-order chi connectivity index (χ0) is 26.3. The molecule has 186 valence electrons. The van der Waals surface area contributed by atoms with Crippen LogP contribution < -0.4 is 0 Å². The van der Waals surface area contributed by atoms with Gasteiger partial charge in [0.25, 0.3) is 0 Å². The Morgan fingerprint density at radius 3 is 2.05 bits per heavy atom. The summed E-state index contributed by atoms with van der Waals surface area (Å²) in [6.45, 7) is 6.36. The summed E-state index contributed by atoms with van der Waals surface area (Å²) in [7, 11) is 0. The fourth-order valence-electron chi connectivity index (χ4n) is 5.73. The van der Waals surface area contributed by atoms with Gasteiger partial charge in [0.05, 0.1) is 27.8 Å². The number of fused-ring (bicyclic) bond motifs is 4. The molecule has 0 atom stereocenters. The molecule has 4 aromatic carbocycles. The van der Waals surface area contributed by atoms with Crippen LogP contribution in [-0.2, 0) is 0 Å². The number of allylic oxidation sites excluding steroid dienone is 1. The Morgan fingerprint density at radius 2 is 1.31 bits per heavy atom. The first-order valence-corrected chi connectivity index (χ1v) is 13.2. The molecule has 3 nitrogen and oxygen atoms in total. The third kappa shape index (κ3) is 3.71. The maximum absolute atomic E-state index is 4.79. The number of hydrogen-bond donors (Lipinski definition) is 0. The van der Waals surface area contributed by atoms with E-state index in [1.807, 2.05) is 24.4 Å². The summed E-state index contributed by atoms with van der Waals surface area (Å²) in [6, 6.07) is 40.5. The van der Waals surface area contributed by atoms with E-state index in [2.05, 4.69) is 132 Å². The number of pyridine rings is 1. The lowest BCUT2D eigenvalue weighted by Crippen LogP contribution is -1.96. The highest BCUT2D eigenvalue weighted by Crippen LogP contribution is 2.36. The van der Waals surface area contributed by atoms with Gasteiger partial charge in [0, 0.05) is 33.9 Å². The predicted molar refractivity (Wildman–Crippen MR) is 165 cm³/mol. The molecule has 3 heterocycles. The molecule has 0 unspecified atom stereocenters. The van der Waals surface area contributed by atoms with Gasteiger partial charge in [-0.2, -0.15) is 0 Å². The van der Waals surface area contributed by atoms with Gasteiger partial charge in [-0.1, -0.05) is 67.2 Å². The Kier molecular flexibility index (Phi) is 5.49. The van der Waals surface area contributed by atoms with E-state index in [0.717, 1.165) is 28.0 Å². The molecular formula is C36H27N3. The first kappa shape index (κ1) is 23.0. The number of para-hydroxylation sites is 3. The second-order valence-electron chi connectivity index (χ2n) is 9.79. The van der Waals surface area contributed by atoms with Crippen molar-refractivity contribution < 1.29 is 0 Å². The van der Waals surface area contributed by atoms with Crippen molar-refractivity contribution in [2.45, 2.75) is 6.92 Å². The van der Waals surface area contributed by atoms with Crippen molar-refractivity contribution >= 4 is 50.6 Å². The minimum atomic E-state index is 0.970. The smallest absolute Gasteiger partial charge is 0.0963 e. The van der Waals surface area contributed by atoms with E-state index in [1.54, 1.807) is 0 Å². The molecular weight excluding hydrogens is 474 g/mol. The van der Waals surface area contributed by atoms with E-state index in [9.17, 15) is 0 Å². The lowest BCUT2D eigenvalue weighted by molar-refractivity contribution is 1.10. The molecule has 0 N–H and O–H groups in total. The second kappa shape index (κ2) is 9.30. The van der Waals surface area contributed by atoms with Crippen LogP contribution in [0.3, 0.4) is 0 Å². The van der Waals surface area contributed by atoms with Gasteiger partial charge in [0.1, 0.15) is 0 Å². The fourth-order valence-corrected chi connectivity index (χ4v) is 5.73. The van der Waals surface area contributed by atoms with Gasteiger partial charge in [-0.05, 0) is 84.8 Å². The van der Waals surface area contributed by atoms with Gasteiger partial charge in [-0.25, -0.2) is 0 Å². The molecule has 0 bridgehead atoms. The number of hydrogen-bond acceptors (Lipinski definition) is 1. The van der Waals surface area contributed by atoms with Gasteiger partial charge >= 0.3 is 0 Å². The average Bonchev–Trinajstić information content (AvgIpc) is 3.50. The summed E-state index contributed by atoms with van der Waals surface area (Å²) in [5, 5.41) is 2.49. The van der Waals surface area contributed by atoms with Gasteiger partial charge in [-0.15, -0.1) is 0 Å². The minimum Gasteiger partial charge on any atom is -0.309 e. The molecule has 0 amide bonds. The largest absolute Gasteiger partial charge is 0.309 e. The lowest BCUT2D eigenvalue weighted by Gasteiger charge is -2.09. The zero-order valence-electron chi connectivity index (χ0n) is 21.8. The first-order chi connectivity index (χ1) is 19.2. The predicted octanol–water partition coefficient (Wildman–Crippen LogP) is 9.33. The summed E-state index contributed by atoms with van der Waals surface area (Å²) in [6.07, 6.45) is 6.05. The molecule has 7 rings (SSSR count). The molecule has 0 saturated carbocycles. The Balaban J connectivity index is 1.43. The molecule has 0 aliphatic carbocycles.